The molecule has 2 heterocycles. The van der Waals surface area contributed by atoms with Crippen LogP contribution in [0.25, 0.3) is 0 Å². The topological polar surface area (TPSA) is 18.8 Å². The summed E-state index contributed by atoms with van der Waals surface area (Å²) < 4.78 is 0. The average Bonchev–Trinajstić information content (AvgIpc) is 2.78. The van der Waals surface area contributed by atoms with Crippen LogP contribution in [0.2, 0.25) is 0 Å². The monoisotopic (exact) mass is 291 g/mol. The maximum absolute atomic E-state index is 4.62. The molecule has 0 aliphatic carbocycles. The molecule has 0 saturated carbocycles. The Hall–Kier alpha value is 0.260. The third-order valence-corrected chi connectivity index (χ3v) is 5.42. The molecule has 1 fully saturated rings. The molecule has 0 N–H and O–H groups in total. The maximum Gasteiger partial charge on any atom is 0.159 e. The van der Waals surface area contributed by atoms with Crippen molar-refractivity contribution in [1.29, 1.82) is 0 Å². The van der Waals surface area contributed by atoms with Crippen LogP contribution in [0.1, 0.15) is 6.92 Å². The zero-order valence-corrected chi connectivity index (χ0v) is 11.6. The lowest BCUT2D eigenvalue weighted by Crippen LogP contribution is -2.47. The Morgan fingerprint density at radius 1 is 1.40 bits per heavy atom. The Bertz CT molecular complexity index is 239. The molecular weight excluding hydrogens is 274 g/mol. The highest BCUT2D eigenvalue weighted by Crippen LogP contribution is 2.25. The first-order valence-corrected chi connectivity index (χ1v) is 7.58. The Balaban J connectivity index is 1.81. The number of amidine groups is 1. The number of likely N-dealkylation sites (N-methyl/N-ethyl adjacent to an activating group) is 1. The molecule has 1 saturated heterocycles. The summed E-state index contributed by atoms with van der Waals surface area (Å²) in [6.45, 7) is 9.07. The number of alkyl halides is 1. The summed E-state index contributed by atoms with van der Waals surface area (Å²) >= 11 is 5.46. The minimum Gasteiger partial charge on any atom is -0.349 e. The molecule has 5 heteroatoms. The number of aliphatic imine (C=N–C) groups is 1. The van der Waals surface area contributed by atoms with E-state index in [4.69, 9.17) is 0 Å². The Labute approximate surface area is 104 Å². The van der Waals surface area contributed by atoms with Gasteiger partial charge in [-0.25, -0.2) is 0 Å². The second kappa shape index (κ2) is 5.55. The first-order chi connectivity index (χ1) is 7.33. The van der Waals surface area contributed by atoms with Gasteiger partial charge >= 0.3 is 0 Å². The van der Waals surface area contributed by atoms with Crippen LogP contribution in [0.5, 0.6) is 0 Å². The van der Waals surface area contributed by atoms with Gasteiger partial charge in [0.05, 0.1) is 6.54 Å². The summed E-state index contributed by atoms with van der Waals surface area (Å²) in [7, 11) is 0. The van der Waals surface area contributed by atoms with E-state index in [0.29, 0.717) is 5.25 Å². The fourth-order valence-corrected chi connectivity index (χ4v) is 3.51. The lowest BCUT2D eigenvalue weighted by atomic mass is 10.3. The van der Waals surface area contributed by atoms with Crippen LogP contribution in [0.4, 0.5) is 0 Å². The van der Waals surface area contributed by atoms with Gasteiger partial charge in [0, 0.05) is 36.8 Å². The van der Waals surface area contributed by atoms with E-state index in [-0.39, 0.29) is 0 Å². The Morgan fingerprint density at radius 3 is 2.67 bits per heavy atom. The van der Waals surface area contributed by atoms with Crippen molar-refractivity contribution in [2.24, 2.45) is 4.99 Å². The van der Waals surface area contributed by atoms with Crippen LogP contribution in [-0.2, 0) is 0 Å². The lowest BCUT2D eigenvalue weighted by Gasteiger charge is -2.34. The largest absolute Gasteiger partial charge is 0.349 e. The van der Waals surface area contributed by atoms with Gasteiger partial charge in [-0.05, 0) is 6.54 Å². The van der Waals surface area contributed by atoms with Crippen LogP contribution in [0.15, 0.2) is 4.99 Å². The maximum atomic E-state index is 4.62. The molecule has 0 aromatic rings. The van der Waals surface area contributed by atoms with E-state index in [1.165, 1.54) is 24.8 Å². The van der Waals surface area contributed by atoms with Crippen molar-refractivity contribution in [3.63, 3.8) is 0 Å². The van der Waals surface area contributed by atoms with Gasteiger partial charge in [0.1, 0.15) is 0 Å². The number of hydrogen-bond donors (Lipinski definition) is 0. The highest BCUT2D eigenvalue weighted by molar-refractivity contribution is 9.09. The summed E-state index contributed by atoms with van der Waals surface area (Å²) in [6, 6.07) is 0. The van der Waals surface area contributed by atoms with Gasteiger partial charge in [0.25, 0.3) is 0 Å². The summed E-state index contributed by atoms with van der Waals surface area (Å²) in [4.78, 5) is 9.56. The average molecular weight is 292 g/mol. The number of piperazine rings is 1. The second-order valence-corrected chi connectivity index (χ2v) is 5.85. The van der Waals surface area contributed by atoms with Gasteiger partial charge in [-0.2, -0.15) is 0 Å². The summed E-state index contributed by atoms with van der Waals surface area (Å²) in [5, 5.41) is 2.99. The van der Waals surface area contributed by atoms with Gasteiger partial charge in [-0.15, -0.1) is 0 Å². The quantitative estimate of drug-likeness (QED) is 0.719. The minimum atomic E-state index is 0.657. The third-order valence-electron chi connectivity index (χ3n) is 2.96. The molecule has 1 atom stereocenters. The molecule has 15 heavy (non-hydrogen) atoms. The number of hydrogen-bond acceptors (Lipinski definition) is 4. The van der Waals surface area contributed by atoms with Gasteiger partial charge in [-0.1, -0.05) is 34.6 Å². The van der Waals surface area contributed by atoms with Crippen molar-refractivity contribution in [3.05, 3.63) is 0 Å². The minimum absolute atomic E-state index is 0.657. The summed E-state index contributed by atoms with van der Waals surface area (Å²) in [5.74, 6) is 0. The predicted octanol–water partition coefficient (Wildman–Crippen LogP) is 1.49. The molecule has 2 aliphatic heterocycles. The van der Waals surface area contributed by atoms with Gasteiger partial charge in [0.2, 0.25) is 0 Å². The van der Waals surface area contributed by atoms with Crippen molar-refractivity contribution in [2.75, 3.05) is 44.6 Å². The molecule has 1 unspecified atom stereocenters. The molecule has 0 bridgehead atoms. The Kier molecular flexibility index (Phi) is 4.34. The van der Waals surface area contributed by atoms with E-state index in [0.717, 1.165) is 25.0 Å². The molecule has 3 nitrogen and oxygen atoms in total. The van der Waals surface area contributed by atoms with Crippen LogP contribution in [-0.4, -0.2) is 64.8 Å². The molecule has 2 rings (SSSR count). The zero-order valence-electron chi connectivity index (χ0n) is 9.15. The molecule has 0 radical (unpaired) electrons. The number of thioether (sulfide) groups is 1. The highest BCUT2D eigenvalue weighted by Gasteiger charge is 2.25. The van der Waals surface area contributed by atoms with E-state index < -0.39 is 0 Å². The smallest absolute Gasteiger partial charge is 0.159 e. The van der Waals surface area contributed by atoms with Crippen LogP contribution < -0.4 is 0 Å². The van der Waals surface area contributed by atoms with E-state index in [9.17, 15) is 0 Å². The number of halogens is 1. The van der Waals surface area contributed by atoms with Crippen molar-refractivity contribution in [2.45, 2.75) is 12.2 Å². The molecule has 0 amide bonds. The first kappa shape index (κ1) is 11.7. The molecular formula is C10H18BrN3S. The van der Waals surface area contributed by atoms with E-state index >= 15 is 0 Å². The lowest BCUT2D eigenvalue weighted by molar-refractivity contribution is 0.192. The fourth-order valence-electron chi connectivity index (χ4n) is 1.91. The van der Waals surface area contributed by atoms with E-state index in [1.807, 2.05) is 11.8 Å². The van der Waals surface area contributed by atoms with Gasteiger partial charge < -0.3 is 9.80 Å². The highest BCUT2D eigenvalue weighted by atomic mass is 79.9. The summed E-state index contributed by atoms with van der Waals surface area (Å²) in [6.07, 6.45) is 0. The molecule has 0 aromatic heterocycles. The summed E-state index contributed by atoms with van der Waals surface area (Å²) in [5.41, 5.74) is 0. The van der Waals surface area contributed by atoms with Crippen LogP contribution >= 0.6 is 27.7 Å². The van der Waals surface area contributed by atoms with Crippen molar-refractivity contribution in [3.8, 4) is 0 Å². The van der Waals surface area contributed by atoms with Gasteiger partial charge in [-0.3, -0.25) is 4.99 Å². The van der Waals surface area contributed by atoms with Crippen molar-refractivity contribution < 1.29 is 0 Å². The van der Waals surface area contributed by atoms with Crippen LogP contribution in [0.3, 0.4) is 0 Å². The number of rotatable bonds is 2. The van der Waals surface area contributed by atoms with Crippen molar-refractivity contribution in [1.82, 2.24) is 9.80 Å². The van der Waals surface area contributed by atoms with Crippen LogP contribution in [0, 0.1) is 0 Å². The third kappa shape index (κ3) is 2.88. The predicted molar refractivity (Wildman–Crippen MR) is 71.2 cm³/mol. The SMILES string of the molecule is CCN1CCN(C2=NCC(CBr)S2)CC1. The first-order valence-electron chi connectivity index (χ1n) is 5.58. The fraction of sp³-hybridized carbons (Fsp3) is 0.900. The zero-order chi connectivity index (χ0) is 10.7. The van der Waals surface area contributed by atoms with E-state index in [1.54, 1.807) is 0 Å². The van der Waals surface area contributed by atoms with E-state index in [2.05, 4.69) is 37.6 Å². The standard InChI is InChI=1S/C10H18BrN3S/c1-2-13-3-5-14(6-4-13)10-12-8-9(7-11)15-10/h9H,2-8H2,1H3. The molecule has 0 aromatic carbocycles. The molecule has 86 valence electrons. The molecule has 2 aliphatic rings. The normalized spacial score (nSPS) is 28.3. The van der Waals surface area contributed by atoms with Crippen molar-refractivity contribution >= 4 is 32.9 Å². The molecule has 0 spiro atoms. The Morgan fingerprint density at radius 2 is 2.13 bits per heavy atom. The number of nitrogens with zero attached hydrogens (tertiary/aromatic N) is 3. The van der Waals surface area contributed by atoms with Gasteiger partial charge in [0.15, 0.2) is 5.17 Å². The second-order valence-electron chi connectivity index (χ2n) is 3.94.